The summed E-state index contributed by atoms with van der Waals surface area (Å²) in [5.74, 6) is 3.09. The van der Waals surface area contributed by atoms with Crippen molar-refractivity contribution in [2.24, 2.45) is 17.8 Å². The van der Waals surface area contributed by atoms with Gasteiger partial charge in [-0.3, -0.25) is 0 Å². The Bertz CT molecular complexity index is 629. The molecule has 3 rings (SSSR count). The highest BCUT2D eigenvalue weighted by Gasteiger charge is 2.22. The van der Waals surface area contributed by atoms with E-state index in [0.29, 0.717) is 0 Å². The van der Waals surface area contributed by atoms with Crippen LogP contribution in [0.25, 0.3) is 0 Å². The third kappa shape index (κ3) is 9.44. The van der Waals surface area contributed by atoms with Gasteiger partial charge in [-0.2, -0.15) is 0 Å². The van der Waals surface area contributed by atoms with E-state index in [1.165, 1.54) is 133 Å². The van der Waals surface area contributed by atoms with E-state index in [0.717, 1.165) is 17.8 Å². The monoisotopic (exact) mass is 436 g/mol. The van der Waals surface area contributed by atoms with E-state index in [-0.39, 0.29) is 0 Å². The largest absolute Gasteiger partial charge is 0.0850 e. The SMILES string of the molecule is CCCCCC[C@H]1CC[C@H](CCC2CC=C(CCc3ccc(CCCC)cc3)CC2)CC1. The summed E-state index contributed by atoms with van der Waals surface area (Å²) < 4.78 is 0. The number of benzene rings is 1. The summed E-state index contributed by atoms with van der Waals surface area (Å²) in [4.78, 5) is 0. The molecule has 0 spiro atoms. The molecule has 180 valence electrons. The van der Waals surface area contributed by atoms with Gasteiger partial charge < -0.3 is 0 Å². The number of unbranched alkanes of at least 4 members (excludes halogenated alkanes) is 4. The Morgan fingerprint density at radius 1 is 0.594 bits per heavy atom. The quantitative estimate of drug-likeness (QED) is 0.201. The minimum atomic E-state index is 0.975. The molecular formula is C32H52. The molecule has 0 amide bonds. The lowest BCUT2D eigenvalue weighted by atomic mass is 9.76. The minimum Gasteiger partial charge on any atom is -0.0850 e. The number of allylic oxidation sites excluding steroid dienone is 2. The molecule has 0 bridgehead atoms. The van der Waals surface area contributed by atoms with Gasteiger partial charge in [0.25, 0.3) is 0 Å². The molecule has 0 N–H and O–H groups in total. The fraction of sp³-hybridized carbons (Fsp3) is 0.750. The highest BCUT2D eigenvalue weighted by atomic mass is 14.3. The molecule has 2 aliphatic rings. The maximum atomic E-state index is 2.62. The van der Waals surface area contributed by atoms with Crippen molar-refractivity contribution < 1.29 is 0 Å². The van der Waals surface area contributed by atoms with E-state index in [1.807, 2.05) is 0 Å². The molecule has 2 aliphatic carbocycles. The van der Waals surface area contributed by atoms with Crippen LogP contribution in [0.5, 0.6) is 0 Å². The van der Waals surface area contributed by atoms with E-state index < -0.39 is 0 Å². The van der Waals surface area contributed by atoms with Gasteiger partial charge in [0.15, 0.2) is 0 Å². The van der Waals surface area contributed by atoms with Gasteiger partial charge in [0.2, 0.25) is 0 Å². The summed E-state index contributed by atoms with van der Waals surface area (Å²) in [6, 6.07) is 9.46. The normalized spacial score (nSPS) is 23.8. The first-order valence-electron chi connectivity index (χ1n) is 14.5. The van der Waals surface area contributed by atoms with Gasteiger partial charge >= 0.3 is 0 Å². The highest BCUT2D eigenvalue weighted by molar-refractivity contribution is 5.23. The zero-order chi connectivity index (χ0) is 22.4. The van der Waals surface area contributed by atoms with Gasteiger partial charge in [0.1, 0.15) is 0 Å². The molecule has 1 saturated carbocycles. The predicted octanol–water partition coefficient (Wildman–Crippen LogP) is 10.2. The van der Waals surface area contributed by atoms with Gasteiger partial charge in [-0.05, 0) is 80.2 Å². The molecule has 32 heavy (non-hydrogen) atoms. The van der Waals surface area contributed by atoms with Crippen molar-refractivity contribution in [1.29, 1.82) is 0 Å². The standard InChI is InChI=1S/C32H52/c1-3-5-7-8-10-28-13-17-30(18-14-28)20-22-32-25-23-31(24-26-32)21-19-29-15-11-27(12-16-29)9-6-4-2/h11-12,15-16,23,28,30,32H,3-10,13-14,17-22,24-26H2,1-2H3/t28-,30-,32?. The third-order valence-corrected chi connectivity index (χ3v) is 8.61. The average molecular weight is 437 g/mol. The molecule has 0 nitrogen and oxygen atoms in total. The van der Waals surface area contributed by atoms with Crippen LogP contribution in [0.15, 0.2) is 35.9 Å². The molecule has 1 unspecified atom stereocenters. The summed E-state index contributed by atoms with van der Waals surface area (Å²) in [5, 5.41) is 0. The van der Waals surface area contributed by atoms with Crippen molar-refractivity contribution in [3.63, 3.8) is 0 Å². The molecule has 0 heterocycles. The number of hydrogen-bond donors (Lipinski definition) is 0. The smallest absolute Gasteiger partial charge is 0.0241 e. The molecule has 1 atom stereocenters. The van der Waals surface area contributed by atoms with E-state index in [1.54, 1.807) is 5.57 Å². The fourth-order valence-electron chi connectivity index (χ4n) is 6.13. The number of rotatable bonds is 14. The Hall–Kier alpha value is -1.04. The van der Waals surface area contributed by atoms with E-state index in [2.05, 4.69) is 44.2 Å². The predicted molar refractivity (Wildman–Crippen MR) is 142 cm³/mol. The summed E-state index contributed by atoms with van der Waals surface area (Å²) in [5.41, 5.74) is 4.77. The van der Waals surface area contributed by atoms with Crippen LogP contribution in [0.3, 0.4) is 0 Å². The number of aryl methyl sites for hydroxylation is 2. The number of hydrogen-bond acceptors (Lipinski definition) is 0. The molecule has 0 radical (unpaired) electrons. The molecule has 1 aromatic carbocycles. The molecule has 0 heteroatoms. The molecular weight excluding hydrogens is 384 g/mol. The van der Waals surface area contributed by atoms with Gasteiger partial charge in [-0.15, -0.1) is 0 Å². The van der Waals surface area contributed by atoms with Crippen molar-refractivity contribution in [1.82, 2.24) is 0 Å². The van der Waals surface area contributed by atoms with Crippen molar-refractivity contribution in [2.45, 2.75) is 136 Å². The summed E-state index contributed by atoms with van der Waals surface area (Å²) in [6.07, 6.45) is 29.6. The van der Waals surface area contributed by atoms with Gasteiger partial charge in [-0.25, -0.2) is 0 Å². The van der Waals surface area contributed by atoms with Gasteiger partial charge in [-0.1, -0.05) is 120 Å². The first-order valence-corrected chi connectivity index (χ1v) is 14.5. The minimum absolute atomic E-state index is 0.975. The molecule has 0 aliphatic heterocycles. The van der Waals surface area contributed by atoms with Crippen LogP contribution in [0, 0.1) is 17.8 Å². The van der Waals surface area contributed by atoms with Crippen molar-refractivity contribution >= 4 is 0 Å². The first kappa shape index (κ1) is 25.6. The van der Waals surface area contributed by atoms with Crippen LogP contribution in [0.1, 0.15) is 134 Å². The lowest BCUT2D eigenvalue weighted by Crippen LogP contribution is -2.16. The maximum absolute atomic E-state index is 2.62. The van der Waals surface area contributed by atoms with Gasteiger partial charge in [0.05, 0.1) is 0 Å². The van der Waals surface area contributed by atoms with Crippen molar-refractivity contribution in [3.05, 3.63) is 47.0 Å². The van der Waals surface area contributed by atoms with Crippen LogP contribution < -0.4 is 0 Å². The Balaban J connectivity index is 1.26. The average Bonchev–Trinajstić information content (AvgIpc) is 2.85. The summed E-state index contributed by atoms with van der Waals surface area (Å²) in [7, 11) is 0. The van der Waals surface area contributed by atoms with E-state index >= 15 is 0 Å². The Morgan fingerprint density at radius 2 is 1.22 bits per heavy atom. The van der Waals surface area contributed by atoms with Gasteiger partial charge in [0, 0.05) is 0 Å². The Labute approximate surface area is 200 Å². The third-order valence-electron chi connectivity index (χ3n) is 8.61. The highest BCUT2D eigenvalue weighted by Crippen LogP contribution is 2.37. The molecule has 0 aromatic heterocycles. The van der Waals surface area contributed by atoms with E-state index in [4.69, 9.17) is 0 Å². The molecule has 0 saturated heterocycles. The lowest BCUT2D eigenvalue weighted by molar-refractivity contribution is 0.234. The van der Waals surface area contributed by atoms with Crippen LogP contribution in [0.4, 0.5) is 0 Å². The zero-order valence-corrected chi connectivity index (χ0v) is 21.6. The fourth-order valence-corrected chi connectivity index (χ4v) is 6.13. The molecule has 1 fully saturated rings. The van der Waals surface area contributed by atoms with Crippen LogP contribution >= 0.6 is 0 Å². The Kier molecular flexibility index (Phi) is 12.0. The second-order valence-corrected chi connectivity index (χ2v) is 11.2. The summed E-state index contributed by atoms with van der Waals surface area (Å²) >= 11 is 0. The first-order chi connectivity index (χ1) is 15.8. The second kappa shape index (κ2) is 15.0. The van der Waals surface area contributed by atoms with E-state index in [9.17, 15) is 0 Å². The molecule has 1 aromatic rings. The van der Waals surface area contributed by atoms with Crippen LogP contribution in [-0.2, 0) is 12.8 Å². The second-order valence-electron chi connectivity index (χ2n) is 11.2. The zero-order valence-electron chi connectivity index (χ0n) is 21.6. The summed E-state index contributed by atoms with van der Waals surface area (Å²) in [6.45, 7) is 4.60. The Morgan fingerprint density at radius 3 is 1.84 bits per heavy atom. The van der Waals surface area contributed by atoms with Crippen LogP contribution in [-0.4, -0.2) is 0 Å². The lowest BCUT2D eigenvalue weighted by Gasteiger charge is -2.30. The van der Waals surface area contributed by atoms with Crippen molar-refractivity contribution in [2.75, 3.05) is 0 Å². The topological polar surface area (TPSA) is 0 Å². The van der Waals surface area contributed by atoms with Crippen LogP contribution in [0.2, 0.25) is 0 Å². The van der Waals surface area contributed by atoms with Crippen molar-refractivity contribution in [3.8, 4) is 0 Å². The maximum Gasteiger partial charge on any atom is -0.0241 e.